The van der Waals surface area contributed by atoms with Crippen molar-refractivity contribution in [2.45, 2.75) is 20.0 Å². The van der Waals surface area contributed by atoms with Crippen molar-refractivity contribution in [2.24, 2.45) is 0 Å². The van der Waals surface area contributed by atoms with Crippen molar-refractivity contribution < 1.29 is 14.3 Å². The SMILES string of the molecule is COCCN(Cc1cccn1Cc1ccc(C)cc1)C(=O)Nc1ccccc1OC. The zero-order valence-corrected chi connectivity index (χ0v) is 17.8. The summed E-state index contributed by atoms with van der Waals surface area (Å²) in [5.41, 5.74) is 4.16. The van der Waals surface area contributed by atoms with Crippen LogP contribution in [0, 0.1) is 6.92 Å². The molecule has 0 aliphatic heterocycles. The smallest absolute Gasteiger partial charge is 0.322 e. The molecule has 0 saturated heterocycles. The maximum atomic E-state index is 13.0. The molecule has 6 heteroatoms. The van der Waals surface area contributed by atoms with E-state index in [1.807, 2.05) is 42.6 Å². The molecule has 1 heterocycles. The lowest BCUT2D eigenvalue weighted by atomic mass is 10.1. The van der Waals surface area contributed by atoms with Crippen LogP contribution in [0.5, 0.6) is 5.75 Å². The van der Waals surface area contributed by atoms with Crippen LogP contribution < -0.4 is 10.1 Å². The molecule has 1 N–H and O–H groups in total. The molecule has 0 saturated carbocycles. The van der Waals surface area contributed by atoms with Gasteiger partial charge in [0.15, 0.2) is 0 Å². The normalized spacial score (nSPS) is 10.6. The molecule has 3 rings (SSSR count). The summed E-state index contributed by atoms with van der Waals surface area (Å²) in [5.74, 6) is 0.625. The van der Waals surface area contributed by atoms with Gasteiger partial charge in [-0.25, -0.2) is 4.79 Å². The molecular formula is C24H29N3O3. The molecule has 0 bridgehead atoms. The van der Waals surface area contributed by atoms with Gasteiger partial charge in [-0.1, -0.05) is 42.0 Å². The van der Waals surface area contributed by atoms with Gasteiger partial charge in [0.1, 0.15) is 5.75 Å². The van der Waals surface area contributed by atoms with E-state index >= 15 is 0 Å². The molecule has 0 aliphatic rings. The summed E-state index contributed by atoms with van der Waals surface area (Å²) >= 11 is 0. The number of urea groups is 1. The molecule has 1 aromatic heterocycles. The second-order valence-electron chi connectivity index (χ2n) is 7.16. The van der Waals surface area contributed by atoms with Crippen LogP contribution in [0.3, 0.4) is 0 Å². The summed E-state index contributed by atoms with van der Waals surface area (Å²) in [6.45, 7) is 4.25. The highest BCUT2D eigenvalue weighted by molar-refractivity contribution is 5.90. The molecule has 3 aromatic rings. The Morgan fingerprint density at radius 3 is 2.53 bits per heavy atom. The minimum atomic E-state index is -0.195. The van der Waals surface area contributed by atoms with E-state index in [0.29, 0.717) is 31.1 Å². The van der Waals surface area contributed by atoms with Gasteiger partial charge < -0.3 is 24.3 Å². The number of nitrogens with one attached hydrogen (secondary N) is 1. The van der Waals surface area contributed by atoms with Crippen LogP contribution in [-0.2, 0) is 17.8 Å². The zero-order chi connectivity index (χ0) is 21.3. The quantitative estimate of drug-likeness (QED) is 0.567. The molecule has 0 fully saturated rings. The van der Waals surface area contributed by atoms with Crippen LogP contribution in [0.1, 0.15) is 16.8 Å². The third-order valence-electron chi connectivity index (χ3n) is 4.95. The molecule has 6 nitrogen and oxygen atoms in total. The summed E-state index contributed by atoms with van der Waals surface area (Å²) in [6.07, 6.45) is 2.04. The van der Waals surface area contributed by atoms with Crippen LogP contribution in [0.15, 0.2) is 66.9 Å². The monoisotopic (exact) mass is 407 g/mol. The first-order valence-electron chi connectivity index (χ1n) is 9.98. The number of benzene rings is 2. The zero-order valence-electron chi connectivity index (χ0n) is 17.8. The number of para-hydroxylation sites is 2. The minimum absolute atomic E-state index is 0.195. The number of hydrogen-bond donors (Lipinski definition) is 1. The highest BCUT2D eigenvalue weighted by Crippen LogP contribution is 2.23. The number of methoxy groups -OCH3 is 2. The molecule has 0 spiro atoms. The van der Waals surface area contributed by atoms with E-state index in [1.54, 1.807) is 19.1 Å². The van der Waals surface area contributed by atoms with E-state index in [4.69, 9.17) is 9.47 Å². The molecule has 30 heavy (non-hydrogen) atoms. The fourth-order valence-corrected chi connectivity index (χ4v) is 3.23. The molecule has 0 atom stereocenters. The molecule has 0 radical (unpaired) electrons. The lowest BCUT2D eigenvalue weighted by Gasteiger charge is -2.24. The van der Waals surface area contributed by atoms with Crippen molar-refractivity contribution in [1.82, 2.24) is 9.47 Å². The number of hydrogen-bond acceptors (Lipinski definition) is 3. The Hall–Kier alpha value is -3.25. The van der Waals surface area contributed by atoms with Gasteiger partial charge in [-0.05, 0) is 36.8 Å². The van der Waals surface area contributed by atoms with Crippen molar-refractivity contribution in [2.75, 3.05) is 32.7 Å². The molecular weight excluding hydrogens is 378 g/mol. The van der Waals surface area contributed by atoms with E-state index in [1.165, 1.54) is 11.1 Å². The van der Waals surface area contributed by atoms with Gasteiger partial charge in [-0.15, -0.1) is 0 Å². The summed E-state index contributed by atoms with van der Waals surface area (Å²) in [5, 5.41) is 2.96. The largest absolute Gasteiger partial charge is 0.495 e. The van der Waals surface area contributed by atoms with Crippen LogP contribution >= 0.6 is 0 Å². The van der Waals surface area contributed by atoms with Gasteiger partial charge in [0, 0.05) is 32.1 Å². The third kappa shape index (κ3) is 5.64. The predicted molar refractivity (Wildman–Crippen MR) is 119 cm³/mol. The lowest BCUT2D eigenvalue weighted by molar-refractivity contribution is 0.151. The number of carbonyl (C=O) groups is 1. The Morgan fingerprint density at radius 1 is 1.03 bits per heavy atom. The Labute approximate surface area is 178 Å². The number of aromatic nitrogens is 1. The highest BCUT2D eigenvalue weighted by atomic mass is 16.5. The first kappa shape index (κ1) is 21.5. The topological polar surface area (TPSA) is 55.7 Å². The second-order valence-corrected chi connectivity index (χ2v) is 7.16. The first-order chi connectivity index (χ1) is 14.6. The third-order valence-corrected chi connectivity index (χ3v) is 4.95. The number of nitrogens with zero attached hydrogens (tertiary/aromatic N) is 2. The van der Waals surface area contributed by atoms with E-state index in [2.05, 4.69) is 41.1 Å². The van der Waals surface area contributed by atoms with Crippen LogP contribution in [0.4, 0.5) is 10.5 Å². The van der Waals surface area contributed by atoms with E-state index in [0.717, 1.165) is 12.2 Å². The van der Waals surface area contributed by atoms with E-state index < -0.39 is 0 Å². The van der Waals surface area contributed by atoms with Gasteiger partial charge in [0.25, 0.3) is 0 Å². The molecule has 0 aliphatic carbocycles. The standard InChI is InChI=1S/C24H29N3O3/c1-19-10-12-20(13-11-19)17-26-14-6-7-21(26)18-27(15-16-29-2)24(28)25-22-8-4-5-9-23(22)30-3/h4-14H,15-18H2,1-3H3,(H,25,28). The predicted octanol–water partition coefficient (Wildman–Crippen LogP) is 4.53. The van der Waals surface area contributed by atoms with Crippen molar-refractivity contribution >= 4 is 11.7 Å². The molecule has 158 valence electrons. The van der Waals surface area contributed by atoms with Gasteiger partial charge in [0.2, 0.25) is 0 Å². The summed E-state index contributed by atoms with van der Waals surface area (Å²) in [4.78, 5) is 14.8. The van der Waals surface area contributed by atoms with Crippen molar-refractivity contribution in [1.29, 1.82) is 0 Å². The summed E-state index contributed by atoms with van der Waals surface area (Å²) < 4.78 is 12.7. The maximum absolute atomic E-state index is 13.0. The Kier molecular flexibility index (Phi) is 7.51. The van der Waals surface area contributed by atoms with Gasteiger partial charge >= 0.3 is 6.03 Å². The van der Waals surface area contributed by atoms with Gasteiger partial charge in [-0.3, -0.25) is 0 Å². The van der Waals surface area contributed by atoms with Crippen LogP contribution in [0.25, 0.3) is 0 Å². The van der Waals surface area contributed by atoms with Gasteiger partial charge in [0.05, 0.1) is 25.9 Å². The van der Waals surface area contributed by atoms with Crippen molar-refractivity contribution in [3.63, 3.8) is 0 Å². The average Bonchev–Trinajstić information content (AvgIpc) is 3.19. The van der Waals surface area contributed by atoms with Crippen LogP contribution in [-0.4, -0.2) is 42.9 Å². The van der Waals surface area contributed by atoms with Gasteiger partial charge in [-0.2, -0.15) is 0 Å². The number of aryl methyl sites for hydroxylation is 1. The lowest BCUT2D eigenvalue weighted by Crippen LogP contribution is -2.37. The summed E-state index contributed by atoms with van der Waals surface area (Å²) in [6, 6.07) is 19.7. The maximum Gasteiger partial charge on any atom is 0.322 e. The first-order valence-corrected chi connectivity index (χ1v) is 9.98. The molecule has 2 aromatic carbocycles. The number of ether oxygens (including phenoxy) is 2. The number of anilines is 1. The fourth-order valence-electron chi connectivity index (χ4n) is 3.23. The minimum Gasteiger partial charge on any atom is -0.495 e. The van der Waals surface area contributed by atoms with E-state index in [9.17, 15) is 4.79 Å². The van der Waals surface area contributed by atoms with Crippen LogP contribution in [0.2, 0.25) is 0 Å². The van der Waals surface area contributed by atoms with Crippen molar-refractivity contribution in [3.05, 3.63) is 83.7 Å². The van der Waals surface area contributed by atoms with Crippen molar-refractivity contribution in [3.8, 4) is 5.75 Å². The number of rotatable bonds is 9. The highest BCUT2D eigenvalue weighted by Gasteiger charge is 2.17. The van der Waals surface area contributed by atoms with E-state index in [-0.39, 0.29) is 6.03 Å². The number of amides is 2. The molecule has 0 unspecified atom stereocenters. The molecule has 2 amide bonds. The second kappa shape index (κ2) is 10.5. The fraction of sp³-hybridized carbons (Fsp3) is 0.292. The Bertz CT molecular complexity index is 950. The average molecular weight is 408 g/mol. The Balaban J connectivity index is 1.74. The summed E-state index contributed by atoms with van der Waals surface area (Å²) in [7, 11) is 3.22. The Morgan fingerprint density at radius 2 is 1.80 bits per heavy atom. The number of carbonyl (C=O) groups excluding carboxylic acids is 1.